The van der Waals surface area contributed by atoms with Crippen LogP contribution in [0.2, 0.25) is 0 Å². The number of benzene rings is 3. The van der Waals surface area contributed by atoms with Crippen molar-refractivity contribution in [3.63, 3.8) is 0 Å². The molecule has 3 aromatic rings. The Hall–Kier alpha value is -3.60. The van der Waals surface area contributed by atoms with E-state index in [2.05, 4.69) is 22.4 Å². The van der Waals surface area contributed by atoms with Crippen LogP contribution in [0.4, 0.5) is 5.69 Å². The summed E-state index contributed by atoms with van der Waals surface area (Å²) < 4.78 is 0. The van der Waals surface area contributed by atoms with Gasteiger partial charge in [0.2, 0.25) is 0 Å². The van der Waals surface area contributed by atoms with Gasteiger partial charge in [-0.1, -0.05) is 48.5 Å². The highest BCUT2D eigenvalue weighted by molar-refractivity contribution is 5.89. The zero-order chi connectivity index (χ0) is 19.9. The average molecular weight is 373 g/mol. The number of aromatic hydroxyl groups is 1. The number of nitrogens with one attached hydrogen (secondary N) is 2. The topological polar surface area (TPSA) is 73.7 Å². The van der Waals surface area contributed by atoms with E-state index in [4.69, 9.17) is 0 Å². The van der Waals surface area contributed by atoms with Gasteiger partial charge in [0.1, 0.15) is 11.8 Å². The number of phenols is 1. The molecule has 0 spiro atoms. The molecule has 5 nitrogen and oxygen atoms in total. The fourth-order valence-corrected chi connectivity index (χ4v) is 2.89. The van der Waals surface area contributed by atoms with Crippen LogP contribution in [0.1, 0.15) is 18.1 Å². The Kier molecular flexibility index (Phi) is 6.07. The molecule has 142 valence electrons. The highest BCUT2D eigenvalue weighted by Gasteiger charge is 2.12. The second-order valence-corrected chi connectivity index (χ2v) is 6.51. The quantitative estimate of drug-likeness (QED) is 0.330. The Morgan fingerprint density at radius 3 is 2.71 bits per heavy atom. The Labute approximate surface area is 164 Å². The molecule has 0 aliphatic carbocycles. The van der Waals surface area contributed by atoms with Gasteiger partial charge in [-0.3, -0.25) is 4.79 Å². The third-order valence-corrected chi connectivity index (χ3v) is 4.42. The number of rotatable bonds is 7. The van der Waals surface area contributed by atoms with Crippen LogP contribution in [-0.2, 0) is 11.2 Å². The maximum absolute atomic E-state index is 12.3. The Balaban J connectivity index is 1.61. The molecule has 0 aromatic heterocycles. The van der Waals surface area contributed by atoms with E-state index in [1.807, 2.05) is 54.6 Å². The number of hydrogen-bond acceptors (Lipinski definition) is 4. The van der Waals surface area contributed by atoms with Crippen LogP contribution >= 0.6 is 0 Å². The molecule has 0 fully saturated rings. The summed E-state index contributed by atoms with van der Waals surface area (Å²) in [5.74, 6) is -0.131. The number of fused-ring (bicyclic) bond motifs is 1. The molecule has 0 aliphatic rings. The summed E-state index contributed by atoms with van der Waals surface area (Å²) >= 11 is 0. The number of carbonyl (C=O) groups is 1. The molecule has 3 N–H and O–H groups in total. The average Bonchev–Trinajstić information content (AvgIpc) is 2.70. The molecule has 5 heteroatoms. The van der Waals surface area contributed by atoms with Crippen molar-refractivity contribution in [2.45, 2.75) is 19.4 Å². The first-order valence-electron chi connectivity index (χ1n) is 9.08. The number of allylic oxidation sites excluding steroid dienone is 1. The summed E-state index contributed by atoms with van der Waals surface area (Å²) in [5, 5.41) is 19.6. The predicted octanol–water partition coefficient (Wildman–Crippen LogP) is 4.22. The molecule has 0 heterocycles. The molecule has 0 aliphatic heterocycles. The number of phenolic OH excluding ortho intramolecular Hbond substituents is 1. The second kappa shape index (κ2) is 8.86. The first-order valence-corrected chi connectivity index (χ1v) is 9.08. The third-order valence-electron chi connectivity index (χ3n) is 4.42. The number of hydrogen-bond donors (Lipinski definition) is 3. The lowest BCUT2D eigenvalue weighted by atomic mass is 10.1. The van der Waals surface area contributed by atoms with Crippen LogP contribution in [-0.4, -0.2) is 23.3 Å². The van der Waals surface area contributed by atoms with Gasteiger partial charge in [-0.05, 0) is 47.9 Å². The Morgan fingerprint density at radius 1 is 1.14 bits per heavy atom. The van der Waals surface area contributed by atoms with Gasteiger partial charge in [-0.2, -0.15) is 5.10 Å². The van der Waals surface area contributed by atoms with Crippen LogP contribution in [0.15, 0.2) is 78.4 Å². The standard InChI is InChI=1S/C23H23N3O2/c1-3-7-18-10-6-11-20(22(18)27)15-24-26-23(28)16(2)25-21-13-12-17-8-4-5-9-19(17)14-21/h3-6,8-16,25,27H,1,7H2,2H3,(H,26,28)/b24-15+. The summed E-state index contributed by atoms with van der Waals surface area (Å²) in [6, 6.07) is 18.9. The highest BCUT2D eigenvalue weighted by Crippen LogP contribution is 2.22. The van der Waals surface area contributed by atoms with Gasteiger partial charge in [0, 0.05) is 11.3 Å². The first kappa shape index (κ1) is 19.2. The van der Waals surface area contributed by atoms with Crippen LogP contribution in [0.5, 0.6) is 5.75 Å². The fraction of sp³-hybridized carbons (Fsp3) is 0.130. The summed E-state index contributed by atoms with van der Waals surface area (Å²) in [4.78, 5) is 12.3. The fourth-order valence-electron chi connectivity index (χ4n) is 2.89. The molecule has 0 saturated heterocycles. The molecule has 28 heavy (non-hydrogen) atoms. The monoisotopic (exact) mass is 373 g/mol. The molecular formula is C23H23N3O2. The number of anilines is 1. The summed E-state index contributed by atoms with van der Waals surface area (Å²) in [6.45, 7) is 5.44. The van der Waals surface area contributed by atoms with Crippen molar-refractivity contribution in [3.8, 4) is 5.75 Å². The van der Waals surface area contributed by atoms with Crippen LogP contribution in [0, 0.1) is 0 Å². The van der Waals surface area contributed by atoms with Gasteiger partial charge in [0.15, 0.2) is 0 Å². The lowest BCUT2D eigenvalue weighted by Gasteiger charge is -2.14. The second-order valence-electron chi connectivity index (χ2n) is 6.51. The number of para-hydroxylation sites is 1. The number of carbonyl (C=O) groups excluding carboxylic acids is 1. The zero-order valence-corrected chi connectivity index (χ0v) is 15.7. The predicted molar refractivity (Wildman–Crippen MR) is 115 cm³/mol. The van der Waals surface area contributed by atoms with Crippen LogP contribution in [0.3, 0.4) is 0 Å². The molecule has 0 saturated carbocycles. The van der Waals surface area contributed by atoms with E-state index in [9.17, 15) is 9.90 Å². The number of nitrogens with zero attached hydrogens (tertiary/aromatic N) is 1. The summed E-state index contributed by atoms with van der Waals surface area (Å²) in [7, 11) is 0. The van der Waals surface area contributed by atoms with E-state index in [0.29, 0.717) is 12.0 Å². The van der Waals surface area contributed by atoms with Gasteiger partial charge in [0.05, 0.1) is 6.21 Å². The Morgan fingerprint density at radius 2 is 1.93 bits per heavy atom. The van der Waals surface area contributed by atoms with Crippen molar-refractivity contribution in [2.24, 2.45) is 5.10 Å². The maximum atomic E-state index is 12.3. The van der Waals surface area contributed by atoms with Crippen molar-refractivity contribution >= 4 is 28.6 Å². The lowest BCUT2D eigenvalue weighted by molar-refractivity contribution is -0.121. The zero-order valence-electron chi connectivity index (χ0n) is 15.7. The van der Waals surface area contributed by atoms with Crippen molar-refractivity contribution in [3.05, 3.63) is 84.4 Å². The largest absolute Gasteiger partial charge is 0.507 e. The molecule has 3 aromatic carbocycles. The van der Waals surface area contributed by atoms with E-state index in [-0.39, 0.29) is 11.7 Å². The molecule has 1 unspecified atom stereocenters. The van der Waals surface area contributed by atoms with Gasteiger partial charge < -0.3 is 10.4 Å². The first-order chi connectivity index (χ1) is 13.6. The molecule has 1 amide bonds. The van der Waals surface area contributed by atoms with Crippen molar-refractivity contribution < 1.29 is 9.90 Å². The van der Waals surface area contributed by atoms with E-state index < -0.39 is 6.04 Å². The van der Waals surface area contributed by atoms with Gasteiger partial charge in [0.25, 0.3) is 5.91 Å². The van der Waals surface area contributed by atoms with E-state index >= 15 is 0 Å². The van der Waals surface area contributed by atoms with Crippen molar-refractivity contribution in [1.29, 1.82) is 0 Å². The minimum atomic E-state index is -0.473. The van der Waals surface area contributed by atoms with Crippen molar-refractivity contribution in [1.82, 2.24) is 5.43 Å². The van der Waals surface area contributed by atoms with Crippen molar-refractivity contribution in [2.75, 3.05) is 5.32 Å². The highest BCUT2D eigenvalue weighted by atomic mass is 16.3. The number of amides is 1. The molecular weight excluding hydrogens is 350 g/mol. The summed E-state index contributed by atoms with van der Waals surface area (Å²) in [5.41, 5.74) is 4.66. The normalized spacial score (nSPS) is 12.0. The van der Waals surface area contributed by atoms with Gasteiger partial charge >= 0.3 is 0 Å². The summed E-state index contributed by atoms with van der Waals surface area (Å²) in [6.07, 6.45) is 3.72. The van der Waals surface area contributed by atoms with Gasteiger partial charge in [-0.25, -0.2) is 5.43 Å². The lowest BCUT2D eigenvalue weighted by Crippen LogP contribution is -2.34. The maximum Gasteiger partial charge on any atom is 0.262 e. The SMILES string of the molecule is C=CCc1cccc(/C=N/NC(=O)C(C)Nc2ccc3ccccc3c2)c1O. The minimum absolute atomic E-state index is 0.141. The molecule has 0 radical (unpaired) electrons. The Bertz CT molecular complexity index is 1030. The van der Waals surface area contributed by atoms with Gasteiger partial charge in [-0.15, -0.1) is 6.58 Å². The van der Waals surface area contributed by atoms with E-state index in [0.717, 1.165) is 22.0 Å². The van der Waals surface area contributed by atoms with Crippen LogP contribution < -0.4 is 10.7 Å². The third kappa shape index (κ3) is 4.57. The van der Waals surface area contributed by atoms with E-state index in [1.165, 1.54) is 6.21 Å². The van der Waals surface area contributed by atoms with Crippen LogP contribution in [0.25, 0.3) is 10.8 Å². The molecule has 0 bridgehead atoms. The molecule has 3 rings (SSSR count). The number of hydrazone groups is 1. The minimum Gasteiger partial charge on any atom is -0.507 e. The van der Waals surface area contributed by atoms with E-state index in [1.54, 1.807) is 19.1 Å². The molecule has 1 atom stereocenters. The smallest absolute Gasteiger partial charge is 0.262 e.